The fourth-order valence-corrected chi connectivity index (χ4v) is 0.553. The van der Waals surface area contributed by atoms with Gasteiger partial charge in [-0.1, -0.05) is 0 Å². The zero-order valence-corrected chi connectivity index (χ0v) is 7.60. The van der Waals surface area contributed by atoms with Crippen molar-refractivity contribution in [2.75, 3.05) is 14.1 Å². The van der Waals surface area contributed by atoms with Gasteiger partial charge in [-0.3, -0.25) is 4.79 Å². The molecular weight excluding hydrogens is 164 g/mol. The molecule has 0 amide bonds. The van der Waals surface area contributed by atoms with E-state index < -0.39 is 12.0 Å². The minimum absolute atomic E-state index is 0.430. The first-order valence-electron chi connectivity index (χ1n) is 3.15. The highest BCUT2D eigenvalue weighted by Gasteiger charge is 2.11. The molecule has 0 radical (unpaired) electrons. The standard InChI is InChI=1S/C6H12N2O2S/c1-4(5(9)10)7-6(11)8(2)3/h4H,1-3H3,(H,7,11)(H,9,10). The highest BCUT2D eigenvalue weighted by molar-refractivity contribution is 7.80. The van der Waals surface area contributed by atoms with E-state index in [1.807, 2.05) is 0 Å². The van der Waals surface area contributed by atoms with Gasteiger partial charge < -0.3 is 15.3 Å². The highest BCUT2D eigenvalue weighted by Crippen LogP contribution is 1.84. The minimum Gasteiger partial charge on any atom is -0.480 e. The molecular formula is C6H12N2O2S. The number of thiocarbonyl (C=S) groups is 1. The van der Waals surface area contributed by atoms with E-state index in [0.29, 0.717) is 5.11 Å². The summed E-state index contributed by atoms with van der Waals surface area (Å²) in [6.07, 6.45) is 0. The third kappa shape index (κ3) is 3.77. The van der Waals surface area contributed by atoms with Crippen molar-refractivity contribution in [1.29, 1.82) is 0 Å². The summed E-state index contributed by atoms with van der Waals surface area (Å²) >= 11 is 4.82. The number of carboxylic acids is 1. The zero-order chi connectivity index (χ0) is 9.02. The van der Waals surface area contributed by atoms with Crippen LogP contribution in [0.15, 0.2) is 0 Å². The Labute approximate surface area is 71.2 Å². The summed E-state index contributed by atoms with van der Waals surface area (Å²) in [6, 6.07) is -0.634. The van der Waals surface area contributed by atoms with E-state index in [1.165, 1.54) is 6.92 Å². The Morgan fingerprint density at radius 3 is 2.36 bits per heavy atom. The average molecular weight is 176 g/mol. The van der Waals surface area contributed by atoms with Crippen molar-refractivity contribution in [2.24, 2.45) is 0 Å². The van der Waals surface area contributed by atoms with Gasteiger partial charge in [0.25, 0.3) is 0 Å². The average Bonchev–Trinajstić information content (AvgIpc) is 1.87. The molecule has 2 N–H and O–H groups in total. The summed E-state index contributed by atoms with van der Waals surface area (Å²) in [5, 5.41) is 11.5. The monoisotopic (exact) mass is 176 g/mol. The first-order chi connectivity index (χ1) is 4.95. The van der Waals surface area contributed by atoms with Gasteiger partial charge in [-0.2, -0.15) is 0 Å². The van der Waals surface area contributed by atoms with Crippen LogP contribution in [0.25, 0.3) is 0 Å². The molecule has 1 unspecified atom stereocenters. The number of nitrogens with zero attached hydrogens (tertiary/aromatic N) is 1. The minimum atomic E-state index is -0.908. The number of carboxylic acid groups (broad SMARTS) is 1. The molecule has 0 aliphatic heterocycles. The van der Waals surface area contributed by atoms with E-state index >= 15 is 0 Å². The second-order valence-corrected chi connectivity index (χ2v) is 2.79. The maximum atomic E-state index is 10.3. The number of nitrogens with one attached hydrogen (secondary N) is 1. The quantitative estimate of drug-likeness (QED) is 0.575. The van der Waals surface area contributed by atoms with Crippen molar-refractivity contribution >= 4 is 23.3 Å². The molecule has 5 heteroatoms. The van der Waals surface area contributed by atoms with Crippen molar-refractivity contribution in [1.82, 2.24) is 10.2 Å². The molecule has 0 aromatic heterocycles. The van der Waals surface area contributed by atoms with Crippen molar-refractivity contribution in [2.45, 2.75) is 13.0 Å². The molecule has 1 atom stereocenters. The van der Waals surface area contributed by atoms with Crippen molar-refractivity contribution in [3.8, 4) is 0 Å². The second kappa shape index (κ2) is 4.12. The van der Waals surface area contributed by atoms with Crippen LogP contribution in [0.5, 0.6) is 0 Å². The third-order valence-corrected chi connectivity index (χ3v) is 1.60. The van der Waals surface area contributed by atoms with Gasteiger partial charge in [-0.15, -0.1) is 0 Å². The Balaban J connectivity index is 3.85. The molecule has 0 rings (SSSR count). The zero-order valence-electron chi connectivity index (χ0n) is 6.79. The first-order valence-corrected chi connectivity index (χ1v) is 3.56. The lowest BCUT2D eigenvalue weighted by Gasteiger charge is -2.17. The predicted octanol–water partition coefficient (Wildman–Crippen LogP) is -0.104. The fraction of sp³-hybridized carbons (Fsp3) is 0.667. The Hall–Kier alpha value is -0.840. The molecule has 0 bridgehead atoms. The van der Waals surface area contributed by atoms with E-state index in [1.54, 1.807) is 19.0 Å². The molecule has 4 nitrogen and oxygen atoms in total. The summed E-state index contributed by atoms with van der Waals surface area (Å²) in [5.41, 5.74) is 0. The molecule has 0 aromatic carbocycles. The molecule has 0 heterocycles. The Bertz CT molecular complexity index is 170. The van der Waals surface area contributed by atoms with Gasteiger partial charge in [0.2, 0.25) is 0 Å². The van der Waals surface area contributed by atoms with Crippen LogP contribution in [0.3, 0.4) is 0 Å². The lowest BCUT2D eigenvalue weighted by atomic mass is 10.3. The molecule has 11 heavy (non-hydrogen) atoms. The third-order valence-electron chi connectivity index (χ3n) is 1.12. The maximum absolute atomic E-state index is 10.3. The second-order valence-electron chi connectivity index (χ2n) is 2.40. The van der Waals surface area contributed by atoms with Gasteiger partial charge in [0, 0.05) is 14.1 Å². The van der Waals surface area contributed by atoms with Crippen molar-refractivity contribution in [3.63, 3.8) is 0 Å². The SMILES string of the molecule is CC(NC(=S)N(C)C)C(=O)O. The van der Waals surface area contributed by atoms with Gasteiger partial charge in [0.15, 0.2) is 5.11 Å². The van der Waals surface area contributed by atoms with Crippen molar-refractivity contribution in [3.05, 3.63) is 0 Å². The summed E-state index contributed by atoms with van der Waals surface area (Å²) < 4.78 is 0. The molecule has 0 aliphatic rings. The lowest BCUT2D eigenvalue weighted by Crippen LogP contribution is -2.43. The van der Waals surface area contributed by atoms with E-state index in [-0.39, 0.29) is 0 Å². The number of aliphatic carboxylic acids is 1. The summed E-state index contributed by atoms with van der Waals surface area (Å²) in [4.78, 5) is 12.0. The maximum Gasteiger partial charge on any atom is 0.325 e. The van der Waals surface area contributed by atoms with Crippen molar-refractivity contribution < 1.29 is 9.90 Å². The van der Waals surface area contributed by atoms with Crippen LogP contribution < -0.4 is 5.32 Å². The smallest absolute Gasteiger partial charge is 0.325 e. The Kier molecular flexibility index (Phi) is 3.81. The topological polar surface area (TPSA) is 52.6 Å². The molecule has 0 spiro atoms. The van der Waals surface area contributed by atoms with Gasteiger partial charge in [-0.25, -0.2) is 0 Å². The number of hydrogen-bond donors (Lipinski definition) is 2. The van der Waals surface area contributed by atoms with Crippen LogP contribution in [-0.4, -0.2) is 41.2 Å². The largest absolute Gasteiger partial charge is 0.480 e. The fourth-order valence-electron chi connectivity index (χ4n) is 0.376. The summed E-state index contributed by atoms with van der Waals surface area (Å²) in [6.45, 7) is 1.54. The van der Waals surface area contributed by atoms with Gasteiger partial charge >= 0.3 is 5.97 Å². The van der Waals surface area contributed by atoms with E-state index in [9.17, 15) is 4.79 Å². The molecule has 64 valence electrons. The van der Waals surface area contributed by atoms with Crippen LogP contribution in [0.1, 0.15) is 6.92 Å². The van der Waals surface area contributed by atoms with Gasteiger partial charge in [-0.05, 0) is 19.1 Å². The Morgan fingerprint density at radius 1 is 1.64 bits per heavy atom. The van der Waals surface area contributed by atoms with Crippen LogP contribution in [-0.2, 0) is 4.79 Å². The number of rotatable bonds is 2. The normalized spacial score (nSPS) is 11.9. The van der Waals surface area contributed by atoms with E-state index in [0.717, 1.165) is 0 Å². The number of hydrogen-bond acceptors (Lipinski definition) is 2. The lowest BCUT2D eigenvalue weighted by molar-refractivity contribution is -0.138. The molecule has 0 aromatic rings. The molecule has 0 aliphatic carbocycles. The molecule has 0 saturated carbocycles. The predicted molar refractivity (Wildman–Crippen MR) is 46.5 cm³/mol. The van der Waals surface area contributed by atoms with E-state index in [4.69, 9.17) is 17.3 Å². The highest BCUT2D eigenvalue weighted by atomic mass is 32.1. The number of carbonyl (C=O) groups is 1. The summed E-state index contributed by atoms with van der Waals surface area (Å²) in [5.74, 6) is -0.908. The van der Waals surface area contributed by atoms with Crippen LogP contribution >= 0.6 is 12.2 Å². The first kappa shape index (κ1) is 10.2. The van der Waals surface area contributed by atoms with Crippen LogP contribution in [0.4, 0.5) is 0 Å². The van der Waals surface area contributed by atoms with E-state index in [2.05, 4.69) is 5.32 Å². The van der Waals surface area contributed by atoms with Crippen LogP contribution in [0, 0.1) is 0 Å². The Morgan fingerprint density at radius 2 is 2.09 bits per heavy atom. The van der Waals surface area contributed by atoms with Gasteiger partial charge in [0.1, 0.15) is 6.04 Å². The van der Waals surface area contributed by atoms with Crippen LogP contribution in [0.2, 0.25) is 0 Å². The molecule has 0 fully saturated rings. The van der Waals surface area contributed by atoms with Gasteiger partial charge in [0.05, 0.1) is 0 Å². The molecule has 0 saturated heterocycles. The summed E-state index contributed by atoms with van der Waals surface area (Å²) in [7, 11) is 3.51.